The molecule has 3 atom stereocenters. The van der Waals surface area contributed by atoms with Crippen LogP contribution in [0.25, 0.3) is 22.3 Å². The summed E-state index contributed by atoms with van der Waals surface area (Å²) >= 11 is 0. The Labute approximate surface area is 214 Å². The first-order valence-electron chi connectivity index (χ1n) is 11.8. The van der Waals surface area contributed by atoms with E-state index in [2.05, 4.69) is 5.10 Å². The van der Waals surface area contributed by atoms with E-state index < -0.39 is 27.6 Å². The summed E-state index contributed by atoms with van der Waals surface area (Å²) in [6.07, 6.45) is 2.68. The number of fused-ring (bicyclic) bond motifs is 2. The lowest BCUT2D eigenvalue weighted by Gasteiger charge is -2.24. The highest BCUT2D eigenvalue weighted by atomic mass is 32.2. The molecule has 0 radical (unpaired) electrons. The number of aromatic hydroxyl groups is 2. The summed E-state index contributed by atoms with van der Waals surface area (Å²) < 4.78 is 40.4. The van der Waals surface area contributed by atoms with E-state index in [4.69, 9.17) is 8.92 Å². The number of aromatic nitrogens is 2. The number of phenols is 2. The van der Waals surface area contributed by atoms with E-state index in [0.29, 0.717) is 0 Å². The summed E-state index contributed by atoms with van der Waals surface area (Å²) in [5, 5.41) is 22.8. The molecule has 1 fully saturated rings. The first-order valence-corrected chi connectivity index (χ1v) is 13.3. The molecule has 3 unspecified atom stereocenters. The number of nitrogens with zero attached hydrogens (tertiary/aromatic N) is 2. The standard InChI is InChI=1S/C28H24N2O6S/c1-30-16-20(15-29-30)17-6-12-23(13-7-17)36-37(33,34)25-14-24-26(18-2-8-21(31)9-3-18)27(28(25)35-24)19-4-10-22(32)11-5-19/h2-13,15-16,24-25,28,31-32H,14H2,1H3. The van der Waals surface area contributed by atoms with Crippen LogP contribution < -0.4 is 4.18 Å². The molecular weight excluding hydrogens is 492 g/mol. The van der Waals surface area contributed by atoms with Crippen molar-refractivity contribution in [2.45, 2.75) is 23.9 Å². The molecule has 3 heterocycles. The van der Waals surface area contributed by atoms with Gasteiger partial charge in [0, 0.05) is 25.2 Å². The van der Waals surface area contributed by atoms with Crippen molar-refractivity contribution in [2.24, 2.45) is 7.05 Å². The van der Waals surface area contributed by atoms with Gasteiger partial charge in [-0.1, -0.05) is 36.4 Å². The van der Waals surface area contributed by atoms with E-state index in [0.717, 1.165) is 33.4 Å². The van der Waals surface area contributed by atoms with Gasteiger partial charge < -0.3 is 19.1 Å². The van der Waals surface area contributed by atoms with Gasteiger partial charge in [0.05, 0.1) is 12.3 Å². The Bertz CT molecular complexity index is 1590. The lowest BCUT2D eigenvalue weighted by atomic mass is 9.83. The monoisotopic (exact) mass is 516 g/mol. The Hall–Kier alpha value is -4.08. The molecule has 2 aliphatic heterocycles. The highest BCUT2D eigenvalue weighted by Crippen LogP contribution is 2.51. The maximum Gasteiger partial charge on any atom is 0.315 e. The van der Waals surface area contributed by atoms with E-state index in [1.54, 1.807) is 83.7 Å². The van der Waals surface area contributed by atoms with Crippen LogP contribution in [-0.2, 0) is 21.9 Å². The third-order valence-electron chi connectivity index (χ3n) is 6.82. The number of hydrogen-bond acceptors (Lipinski definition) is 7. The van der Waals surface area contributed by atoms with Crippen LogP contribution in [0, 0.1) is 0 Å². The zero-order chi connectivity index (χ0) is 25.7. The predicted octanol–water partition coefficient (Wildman–Crippen LogP) is 4.36. The van der Waals surface area contributed by atoms with E-state index >= 15 is 0 Å². The van der Waals surface area contributed by atoms with Gasteiger partial charge in [-0.15, -0.1) is 0 Å². The van der Waals surface area contributed by atoms with Crippen molar-refractivity contribution in [3.8, 4) is 28.4 Å². The minimum absolute atomic E-state index is 0.113. The van der Waals surface area contributed by atoms with Crippen LogP contribution in [0.15, 0.2) is 85.2 Å². The molecular formula is C28H24N2O6S. The lowest BCUT2D eigenvalue weighted by Crippen LogP contribution is -2.35. The first kappa shape index (κ1) is 23.3. The van der Waals surface area contributed by atoms with Gasteiger partial charge in [-0.2, -0.15) is 13.5 Å². The van der Waals surface area contributed by atoms with Crippen molar-refractivity contribution >= 4 is 21.3 Å². The molecule has 0 spiro atoms. The van der Waals surface area contributed by atoms with Crippen LogP contribution in [0.3, 0.4) is 0 Å². The highest BCUT2D eigenvalue weighted by Gasteiger charge is 2.53. The number of benzene rings is 3. The fourth-order valence-corrected chi connectivity index (χ4v) is 6.52. The van der Waals surface area contributed by atoms with E-state index in [-0.39, 0.29) is 23.7 Å². The maximum absolute atomic E-state index is 13.5. The second-order valence-electron chi connectivity index (χ2n) is 9.24. The average molecular weight is 517 g/mol. The Kier molecular flexibility index (Phi) is 5.54. The van der Waals surface area contributed by atoms with E-state index in [1.165, 1.54) is 0 Å². The van der Waals surface area contributed by atoms with Crippen molar-refractivity contribution in [2.75, 3.05) is 0 Å². The number of phenolic OH excluding ortho intramolecular Hbond substituents is 2. The largest absolute Gasteiger partial charge is 0.508 e. The minimum Gasteiger partial charge on any atom is -0.508 e. The molecule has 9 heteroatoms. The van der Waals surface area contributed by atoms with E-state index in [1.807, 2.05) is 13.2 Å². The van der Waals surface area contributed by atoms with Crippen molar-refractivity contribution in [1.29, 1.82) is 0 Å². The average Bonchev–Trinajstić information content (AvgIpc) is 3.60. The third-order valence-corrected chi connectivity index (χ3v) is 8.43. The van der Waals surface area contributed by atoms with Gasteiger partial charge in [-0.05, 0) is 64.2 Å². The summed E-state index contributed by atoms with van der Waals surface area (Å²) in [5.41, 5.74) is 5.04. The lowest BCUT2D eigenvalue weighted by molar-refractivity contribution is 0.128. The molecule has 2 aliphatic rings. The number of ether oxygens (including phenoxy) is 1. The third kappa shape index (κ3) is 4.26. The second-order valence-corrected chi connectivity index (χ2v) is 11.0. The fourth-order valence-electron chi connectivity index (χ4n) is 5.10. The summed E-state index contributed by atoms with van der Waals surface area (Å²) in [4.78, 5) is 0. The predicted molar refractivity (Wildman–Crippen MR) is 138 cm³/mol. The number of hydrogen-bond donors (Lipinski definition) is 2. The van der Waals surface area contributed by atoms with Crippen molar-refractivity contribution in [1.82, 2.24) is 9.78 Å². The molecule has 188 valence electrons. The topological polar surface area (TPSA) is 111 Å². The molecule has 37 heavy (non-hydrogen) atoms. The minimum atomic E-state index is -4.04. The second kappa shape index (κ2) is 8.79. The van der Waals surface area contributed by atoms with Crippen molar-refractivity contribution in [3.63, 3.8) is 0 Å². The van der Waals surface area contributed by atoms with E-state index in [9.17, 15) is 18.6 Å². The van der Waals surface area contributed by atoms with Crippen LogP contribution in [-0.4, -0.2) is 45.9 Å². The first-order chi connectivity index (χ1) is 17.8. The zero-order valence-electron chi connectivity index (χ0n) is 19.9. The summed E-state index contributed by atoms with van der Waals surface area (Å²) in [7, 11) is -2.21. The van der Waals surface area contributed by atoms with Gasteiger partial charge in [0.25, 0.3) is 0 Å². The SMILES string of the molecule is Cn1cc(-c2ccc(OS(=O)(=O)C3CC4OC3C(c3ccc(O)cc3)=C4c3ccc(O)cc3)cc2)cn1. The Morgan fingerprint density at radius 3 is 1.97 bits per heavy atom. The molecule has 0 saturated carbocycles. The van der Waals surface area contributed by atoms with Crippen molar-refractivity contribution in [3.05, 3.63) is 96.3 Å². The molecule has 0 amide bonds. The highest BCUT2D eigenvalue weighted by molar-refractivity contribution is 7.87. The summed E-state index contributed by atoms with van der Waals surface area (Å²) in [5.74, 6) is 0.481. The molecule has 2 N–H and O–H groups in total. The molecule has 6 rings (SSSR count). The normalized spacial score (nSPS) is 20.9. The quantitative estimate of drug-likeness (QED) is 0.367. The van der Waals surface area contributed by atoms with Crippen LogP contribution >= 0.6 is 0 Å². The van der Waals surface area contributed by atoms with Crippen molar-refractivity contribution < 1.29 is 27.6 Å². The van der Waals surface area contributed by atoms with Gasteiger partial charge in [-0.3, -0.25) is 4.68 Å². The van der Waals surface area contributed by atoms with Crippen LogP contribution in [0.1, 0.15) is 17.5 Å². The number of rotatable bonds is 6. The van der Waals surface area contributed by atoms with Gasteiger partial charge in [-0.25, -0.2) is 0 Å². The molecule has 2 bridgehead atoms. The summed E-state index contributed by atoms with van der Waals surface area (Å²) in [6.45, 7) is 0. The van der Waals surface area contributed by atoms with Crippen LogP contribution in [0.4, 0.5) is 0 Å². The van der Waals surface area contributed by atoms with Gasteiger partial charge in [0.1, 0.15) is 28.6 Å². The molecule has 8 nitrogen and oxygen atoms in total. The maximum atomic E-state index is 13.5. The number of aryl methyl sites for hydroxylation is 1. The van der Waals surface area contributed by atoms with Crippen LogP contribution in [0.2, 0.25) is 0 Å². The smallest absolute Gasteiger partial charge is 0.315 e. The van der Waals surface area contributed by atoms with Gasteiger partial charge in [0.15, 0.2) is 0 Å². The molecule has 0 aliphatic carbocycles. The van der Waals surface area contributed by atoms with Gasteiger partial charge >= 0.3 is 10.1 Å². The molecule has 3 aromatic carbocycles. The fraction of sp³-hybridized carbons (Fsp3) is 0.179. The van der Waals surface area contributed by atoms with Crippen LogP contribution in [0.5, 0.6) is 17.2 Å². The zero-order valence-corrected chi connectivity index (χ0v) is 20.7. The Balaban J connectivity index is 1.32. The Morgan fingerprint density at radius 2 is 1.41 bits per heavy atom. The molecule has 4 aromatic rings. The molecule has 1 saturated heterocycles. The molecule has 1 aromatic heterocycles. The summed E-state index contributed by atoms with van der Waals surface area (Å²) in [6, 6.07) is 20.2. The van der Waals surface area contributed by atoms with Gasteiger partial charge in [0.2, 0.25) is 0 Å². The Morgan fingerprint density at radius 1 is 0.838 bits per heavy atom.